The molecule has 2 aliphatic rings. The lowest BCUT2D eigenvalue weighted by atomic mass is 9.90. The van der Waals surface area contributed by atoms with Gasteiger partial charge in [-0.3, -0.25) is 14.9 Å². The van der Waals surface area contributed by atoms with E-state index in [1.165, 1.54) is 12.1 Å². The van der Waals surface area contributed by atoms with Gasteiger partial charge in [-0.15, -0.1) is 0 Å². The Morgan fingerprint density at radius 3 is 2.69 bits per heavy atom. The Hall–Kier alpha value is -2.88. The van der Waals surface area contributed by atoms with Crippen molar-refractivity contribution in [3.63, 3.8) is 0 Å². The van der Waals surface area contributed by atoms with Gasteiger partial charge in [0.1, 0.15) is 11.9 Å². The van der Waals surface area contributed by atoms with Crippen LogP contribution in [0.3, 0.4) is 0 Å². The third-order valence-corrected chi connectivity index (χ3v) is 4.57. The van der Waals surface area contributed by atoms with E-state index in [0.717, 1.165) is 19.3 Å². The molecular formula is C19H19FN2O4. The molecule has 2 heterocycles. The fourth-order valence-corrected chi connectivity index (χ4v) is 3.13. The zero-order valence-electron chi connectivity index (χ0n) is 14.2. The summed E-state index contributed by atoms with van der Waals surface area (Å²) in [5, 5.41) is 2.25. The van der Waals surface area contributed by atoms with Crippen LogP contribution in [0.1, 0.15) is 49.1 Å². The summed E-state index contributed by atoms with van der Waals surface area (Å²) < 4.78 is 19.1. The van der Waals surface area contributed by atoms with Crippen LogP contribution in [0.2, 0.25) is 0 Å². The first-order chi connectivity index (χ1) is 12.5. The van der Waals surface area contributed by atoms with Crippen molar-refractivity contribution >= 4 is 17.9 Å². The Morgan fingerprint density at radius 1 is 1.23 bits per heavy atom. The van der Waals surface area contributed by atoms with E-state index in [2.05, 4.69) is 17.3 Å². The molecule has 0 aromatic heterocycles. The molecule has 2 fully saturated rings. The first kappa shape index (κ1) is 17.9. The van der Waals surface area contributed by atoms with Gasteiger partial charge in [-0.25, -0.2) is 9.18 Å². The van der Waals surface area contributed by atoms with E-state index in [9.17, 15) is 18.8 Å². The predicted octanol–water partition coefficient (Wildman–Crippen LogP) is 2.28. The number of benzene rings is 1. The average Bonchev–Trinajstić information content (AvgIpc) is 2.64. The quantitative estimate of drug-likeness (QED) is 0.617. The van der Waals surface area contributed by atoms with E-state index in [1.807, 2.05) is 0 Å². The highest BCUT2D eigenvalue weighted by Crippen LogP contribution is 2.26. The number of nitrogens with one attached hydrogen (secondary N) is 1. The maximum atomic E-state index is 14.2. The van der Waals surface area contributed by atoms with Gasteiger partial charge in [0.15, 0.2) is 0 Å². The number of hydrogen-bond acceptors (Lipinski definition) is 4. The number of carbonyl (C=O) groups excluding carboxylic acids is 3. The molecule has 2 aliphatic heterocycles. The van der Waals surface area contributed by atoms with E-state index in [1.54, 1.807) is 11.0 Å². The van der Waals surface area contributed by atoms with E-state index >= 15 is 0 Å². The molecule has 0 bridgehead atoms. The van der Waals surface area contributed by atoms with Crippen molar-refractivity contribution in [2.24, 2.45) is 0 Å². The van der Waals surface area contributed by atoms with E-state index < -0.39 is 23.7 Å². The molecule has 3 amide bonds. The van der Waals surface area contributed by atoms with Crippen LogP contribution >= 0.6 is 0 Å². The maximum absolute atomic E-state index is 14.2. The highest BCUT2D eigenvalue weighted by Gasteiger charge is 2.28. The van der Waals surface area contributed by atoms with Gasteiger partial charge in [0.05, 0.1) is 11.5 Å². The van der Waals surface area contributed by atoms with Gasteiger partial charge in [0, 0.05) is 19.5 Å². The molecule has 136 valence electrons. The second kappa shape index (κ2) is 8.00. The Morgan fingerprint density at radius 2 is 2.00 bits per heavy atom. The molecule has 1 N–H and O–H groups in total. The second-order valence-corrected chi connectivity index (χ2v) is 6.39. The van der Waals surface area contributed by atoms with E-state index in [-0.39, 0.29) is 17.9 Å². The maximum Gasteiger partial charge on any atom is 0.423 e. The van der Waals surface area contributed by atoms with Gasteiger partial charge in [0.25, 0.3) is 0 Å². The summed E-state index contributed by atoms with van der Waals surface area (Å²) >= 11 is 0. The third kappa shape index (κ3) is 4.20. The number of amides is 3. The molecule has 1 aromatic rings. The van der Waals surface area contributed by atoms with Crippen molar-refractivity contribution in [2.75, 3.05) is 13.1 Å². The molecule has 0 radical (unpaired) electrons. The topological polar surface area (TPSA) is 75.7 Å². The Balaban J connectivity index is 1.64. The monoisotopic (exact) mass is 358 g/mol. The van der Waals surface area contributed by atoms with Crippen molar-refractivity contribution < 1.29 is 23.5 Å². The Bertz CT molecular complexity index is 790. The summed E-state index contributed by atoms with van der Waals surface area (Å²) in [5.74, 6) is 0.588. The zero-order valence-corrected chi connectivity index (χ0v) is 14.2. The van der Waals surface area contributed by atoms with Crippen molar-refractivity contribution in [1.82, 2.24) is 10.2 Å². The lowest BCUT2D eigenvalue weighted by Crippen LogP contribution is -2.39. The average molecular weight is 358 g/mol. The normalized spacial score (nSPS) is 20.0. The van der Waals surface area contributed by atoms with Crippen molar-refractivity contribution in [2.45, 2.75) is 38.0 Å². The highest BCUT2D eigenvalue weighted by molar-refractivity contribution is 6.00. The summed E-state index contributed by atoms with van der Waals surface area (Å²) in [6.07, 6.45) is 5.29. The number of imide groups is 1. The van der Waals surface area contributed by atoms with Gasteiger partial charge >= 0.3 is 6.09 Å². The SMILES string of the molecule is O=C1CCC(c2ccc(C#COC(=O)N3CCCCC3)c(F)c2)C(=O)N1. The van der Waals surface area contributed by atoms with Crippen LogP contribution in [0.5, 0.6) is 0 Å². The van der Waals surface area contributed by atoms with Crippen molar-refractivity contribution in [1.29, 1.82) is 0 Å². The number of piperidine rings is 2. The Kier molecular flexibility index (Phi) is 5.52. The van der Waals surface area contributed by atoms with Gasteiger partial charge in [-0.05, 0) is 49.3 Å². The predicted molar refractivity (Wildman–Crippen MR) is 90.3 cm³/mol. The molecule has 1 unspecified atom stereocenters. The highest BCUT2D eigenvalue weighted by atomic mass is 19.1. The summed E-state index contributed by atoms with van der Waals surface area (Å²) in [5.41, 5.74) is 0.566. The van der Waals surface area contributed by atoms with Crippen LogP contribution in [0.15, 0.2) is 18.2 Å². The smallest absolute Gasteiger partial charge is 0.355 e. The van der Waals surface area contributed by atoms with E-state index in [0.29, 0.717) is 25.1 Å². The van der Waals surface area contributed by atoms with Crippen LogP contribution in [0.4, 0.5) is 9.18 Å². The first-order valence-electron chi connectivity index (χ1n) is 8.64. The van der Waals surface area contributed by atoms with Crippen LogP contribution in [-0.2, 0) is 14.3 Å². The molecule has 1 atom stereocenters. The summed E-state index contributed by atoms with van der Waals surface area (Å²) in [7, 11) is 0. The molecule has 0 spiro atoms. The molecule has 2 saturated heterocycles. The largest absolute Gasteiger partial charge is 0.423 e. The minimum Gasteiger partial charge on any atom is -0.355 e. The van der Waals surface area contributed by atoms with Crippen LogP contribution in [-0.4, -0.2) is 35.9 Å². The molecule has 0 aliphatic carbocycles. The molecule has 0 saturated carbocycles. The molecule has 7 heteroatoms. The minimum absolute atomic E-state index is 0.0764. The number of carbonyl (C=O) groups is 3. The third-order valence-electron chi connectivity index (χ3n) is 4.57. The molecule has 1 aromatic carbocycles. The van der Waals surface area contributed by atoms with Crippen LogP contribution in [0, 0.1) is 17.8 Å². The Labute approximate surface area is 150 Å². The van der Waals surface area contributed by atoms with Gasteiger partial charge in [-0.1, -0.05) is 6.07 Å². The number of rotatable bonds is 1. The fraction of sp³-hybridized carbons (Fsp3) is 0.421. The lowest BCUT2D eigenvalue weighted by Gasteiger charge is -2.24. The number of ether oxygens (including phenoxy) is 1. The number of hydrogen-bond donors (Lipinski definition) is 1. The number of halogens is 1. The first-order valence-corrected chi connectivity index (χ1v) is 8.64. The fourth-order valence-electron chi connectivity index (χ4n) is 3.13. The molecule has 3 rings (SSSR count). The standard InChI is InChI=1S/C19H19FN2O4/c20-16-12-14(15-6-7-17(23)21-18(15)24)5-4-13(16)8-11-26-19(25)22-9-2-1-3-10-22/h4-5,12,15H,1-3,6-7,9-10H2,(H,21,23,24). The van der Waals surface area contributed by atoms with Crippen molar-refractivity contribution in [3.8, 4) is 12.0 Å². The molecular weight excluding hydrogens is 339 g/mol. The lowest BCUT2D eigenvalue weighted by molar-refractivity contribution is -0.134. The number of likely N-dealkylation sites (tertiary alicyclic amines) is 1. The van der Waals surface area contributed by atoms with Crippen LogP contribution < -0.4 is 5.32 Å². The van der Waals surface area contributed by atoms with Crippen molar-refractivity contribution in [3.05, 3.63) is 35.1 Å². The summed E-state index contributed by atoms with van der Waals surface area (Å²) in [4.78, 5) is 36.5. The number of nitrogens with zero attached hydrogens (tertiary/aromatic N) is 1. The van der Waals surface area contributed by atoms with Gasteiger partial charge < -0.3 is 9.64 Å². The zero-order chi connectivity index (χ0) is 18.5. The molecule has 6 nitrogen and oxygen atoms in total. The van der Waals surface area contributed by atoms with E-state index in [4.69, 9.17) is 4.74 Å². The molecule has 26 heavy (non-hydrogen) atoms. The second-order valence-electron chi connectivity index (χ2n) is 6.39. The summed E-state index contributed by atoms with van der Waals surface area (Å²) in [6.45, 7) is 1.30. The minimum atomic E-state index is -0.603. The van der Waals surface area contributed by atoms with Crippen LogP contribution in [0.25, 0.3) is 0 Å². The van der Waals surface area contributed by atoms with Gasteiger partial charge in [0.2, 0.25) is 11.8 Å². The van der Waals surface area contributed by atoms with Gasteiger partial charge in [-0.2, -0.15) is 0 Å². The summed E-state index contributed by atoms with van der Waals surface area (Å²) in [6, 6.07) is 4.27.